The van der Waals surface area contributed by atoms with Crippen LogP contribution in [0.3, 0.4) is 0 Å². The second-order valence-electron chi connectivity index (χ2n) is 8.63. The lowest BCUT2D eigenvalue weighted by atomic mass is 9.69. The third kappa shape index (κ3) is 4.21. The van der Waals surface area contributed by atoms with Gasteiger partial charge in [-0.05, 0) is 71.4 Å². The monoisotopic (exact) mass is 382 g/mol. The summed E-state index contributed by atoms with van der Waals surface area (Å²) in [5.74, 6) is 1.43. The predicted octanol–water partition coefficient (Wildman–Crippen LogP) is 6.70. The van der Waals surface area contributed by atoms with Crippen LogP contribution in [0, 0.1) is 5.92 Å². The summed E-state index contributed by atoms with van der Waals surface area (Å²) < 4.78 is 0. The number of phenols is 2. The van der Waals surface area contributed by atoms with Gasteiger partial charge < -0.3 is 10.2 Å². The fourth-order valence-electron chi connectivity index (χ4n) is 4.45. The van der Waals surface area contributed by atoms with Gasteiger partial charge in [0.1, 0.15) is 11.5 Å². The number of hydrogen-bond acceptors (Lipinski definition) is 2. The van der Waals surface area contributed by atoms with E-state index in [4.69, 9.17) is 0 Å². The predicted molar refractivity (Wildman–Crippen MR) is 120 cm³/mol. The topological polar surface area (TPSA) is 40.5 Å². The number of phenolic OH excluding ortho intramolecular Hbond substituents is 2. The maximum atomic E-state index is 10.6. The number of rotatable bonds is 8. The minimum absolute atomic E-state index is 0.169. The van der Waals surface area contributed by atoms with Crippen LogP contribution in [0.5, 0.6) is 11.5 Å². The molecule has 2 N–H and O–H groups in total. The average molecular weight is 383 g/mol. The number of hydrogen-bond donors (Lipinski definition) is 2. The first-order valence-electron chi connectivity index (χ1n) is 10.9. The number of aryl methyl sites for hydroxylation is 4. The summed E-state index contributed by atoms with van der Waals surface area (Å²) in [7, 11) is 0. The zero-order chi connectivity index (χ0) is 21.1. The molecule has 0 spiro atoms. The van der Waals surface area contributed by atoms with E-state index in [0.717, 1.165) is 54.4 Å². The Balaban J connectivity index is 2.79. The lowest BCUT2D eigenvalue weighted by Gasteiger charge is -2.35. The Morgan fingerprint density at radius 3 is 1.18 bits per heavy atom. The molecule has 0 amide bonds. The van der Waals surface area contributed by atoms with Gasteiger partial charge in [0.2, 0.25) is 0 Å². The minimum Gasteiger partial charge on any atom is -0.507 e. The van der Waals surface area contributed by atoms with Gasteiger partial charge >= 0.3 is 0 Å². The second kappa shape index (κ2) is 9.03. The molecule has 0 aliphatic carbocycles. The van der Waals surface area contributed by atoms with E-state index in [1.54, 1.807) is 0 Å². The molecule has 0 radical (unpaired) electrons. The Labute approximate surface area is 171 Å². The zero-order valence-electron chi connectivity index (χ0n) is 18.8. The van der Waals surface area contributed by atoms with E-state index in [1.165, 1.54) is 11.1 Å². The first kappa shape index (κ1) is 22.3. The molecule has 0 heterocycles. The highest BCUT2D eigenvalue weighted by Gasteiger charge is 2.32. The zero-order valence-corrected chi connectivity index (χ0v) is 18.8. The molecule has 2 heteroatoms. The van der Waals surface area contributed by atoms with Crippen molar-refractivity contribution in [3.8, 4) is 11.5 Å². The van der Waals surface area contributed by atoms with Crippen molar-refractivity contribution >= 4 is 0 Å². The largest absolute Gasteiger partial charge is 0.507 e. The summed E-state index contributed by atoms with van der Waals surface area (Å²) in [6.07, 6.45) is 4.29. The normalized spacial score (nSPS) is 12.0. The van der Waals surface area contributed by atoms with Crippen LogP contribution in [-0.2, 0) is 31.1 Å². The standard InChI is InChI=1S/C26H38O2/c1-8-18-12-22(13-19(9-2)24(18)27)26(7,16-17(5)6)23-14-20(10-3)25(28)21(11-4)15-23/h12-15,17,27-28H,8-11,16H2,1-7H3. The van der Waals surface area contributed by atoms with Crippen molar-refractivity contribution in [2.24, 2.45) is 5.92 Å². The molecule has 2 aromatic carbocycles. The number of benzene rings is 2. The van der Waals surface area contributed by atoms with Crippen LogP contribution in [0.4, 0.5) is 0 Å². The number of aromatic hydroxyl groups is 2. The third-order valence-electron chi connectivity index (χ3n) is 6.15. The minimum atomic E-state index is -0.169. The Morgan fingerprint density at radius 2 is 0.964 bits per heavy atom. The average Bonchev–Trinajstić information content (AvgIpc) is 2.67. The highest BCUT2D eigenvalue weighted by atomic mass is 16.3. The molecule has 154 valence electrons. The van der Waals surface area contributed by atoms with Crippen LogP contribution >= 0.6 is 0 Å². The Kier molecular flexibility index (Phi) is 7.20. The van der Waals surface area contributed by atoms with E-state index in [9.17, 15) is 10.2 Å². The molecule has 0 bridgehead atoms. The molecular weight excluding hydrogens is 344 g/mol. The fraction of sp³-hybridized carbons (Fsp3) is 0.538. The third-order valence-corrected chi connectivity index (χ3v) is 6.15. The van der Waals surface area contributed by atoms with Crippen LogP contribution in [0.25, 0.3) is 0 Å². The van der Waals surface area contributed by atoms with E-state index < -0.39 is 0 Å². The molecule has 2 nitrogen and oxygen atoms in total. The van der Waals surface area contributed by atoms with E-state index in [1.807, 2.05) is 0 Å². The lowest BCUT2D eigenvalue weighted by Crippen LogP contribution is -2.27. The first-order chi connectivity index (χ1) is 13.2. The van der Waals surface area contributed by atoms with Crippen LogP contribution in [0.2, 0.25) is 0 Å². The van der Waals surface area contributed by atoms with E-state index in [2.05, 4.69) is 72.7 Å². The summed E-state index contributed by atoms with van der Waals surface area (Å²) in [5.41, 5.74) is 6.45. The maximum absolute atomic E-state index is 10.6. The van der Waals surface area contributed by atoms with Crippen LogP contribution in [-0.4, -0.2) is 10.2 Å². The molecule has 0 aliphatic rings. The fourth-order valence-corrected chi connectivity index (χ4v) is 4.45. The van der Waals surface area contributed by atoms with Crippen molar-refractivity contribution < 1.29 is 10.2 Å². The van der Waals surface area contributed by atoms with Gasteiger partial charge in [0, 0.05) is 5.41 Å². The Bertz CT molecular complexity index is 706. The van der Waals surface area contributed by atoms with Gasteiger partial charge in [-0.25, -0.2) is 0 Å². The smallest absolute Gasteiger partial charge is 0.121 e. The molecule has 0 aromatic heterocycles. The summed E-state index contributed by atoms with van der Waals surface area (Å²) in [4.78, 5) is 0. The molecule has 0 aliphatic heterocycles. The van der Waals surface area contributed by atoms with Gasteiger partial charge in [-0.15, -0.1) is 0 Å². The molecule has 0 saturated heterocycles. The summed E-state index contributed by atoms with van der Waals surface area (Å²) in [5, 5.41) is 21.2. The van der Waals surface area contributed by atoms with Gasteiger partial charge in [-0.1, -0.05) is 72.7 Å². The molecule has 0 saturated carbocycles. The first-order valence-corrected chi connectivity index (χ1v) is 10.9. The van der Waals surface area contributed by atoms with Gasteiger partial charge in [0.25, 0.3) is 0 Å². The van der Waals surface area contributed by atoms with Gasteiger partial charge in [-0.2, -0.15) is 0 Å². The molecule has 0 atom stereocenters. The summed E-state index contributed by atoms with van der Waals surface area (Å²) >= 11 is 0. The second-order valence-corrected chi connectivity index (χ2v) is 8.63. The van der Waals surface area contributed by atoms with Crippen LogP contribution in [0.15, 0.2) is 24.3 Å². The molecular formula is C26H38O2. The van der Waals surface area contributed by atoms with Gasteiger partial charge in [0.15, 0.2) is 0 Å². The van der Waals surface area contributed by atoms with Crippen molar-refractivity contribution in [1.82, 2.24) is 0 Å². The van der Waals surface area contributed by atoms with Gasteiger partial charge in [0.05, 0.1) is 0 Å². The van der Waals surface area contributed by atoms with Crippen LogP contribution < -0.4 is 0 Å². The van der Waals surface area contributed by atoms with Gasteiger partial charge in [-0.3, -0.25) is 0 Å². The molecule has 2 aromatic rings. The Hall–Kier alpha value is -1.96. The van der Waals surface area contributed by atoms with E-state index in [-0.39, 0.29) is 5.41 Å². The Morgan fingerprint density at radius 1 is 0.679 bits per heavy atom. The van der Waals surface area contributed by atoms with Crippen molar-refractivity contribution in [3.05, 3.63) is 57.6 Å². The molecule has 0 fully saturated rings. The molecule has 2 rings (SSSR count). The summed E-state index contributed by atoms with van der Waals surface area (Å²) in [6.45, 7) is 15.3. The SMILES string of the molecule is CCc1cc(C(C)(CC(C)C)c2cc(CC)c(O)c(CC)c2)cc(CC)c1O. The molecule has 0 unspecified atom stereocenters. The van der Waals surface area contributed by atoms with Crippen molar-refractivity contribution in [3.63, 3.8) is 0 Å². The van der Waals surface area contributed by atoms with Crippen molar-refractivity contribution in [2.45, 2.75) is 86.0 Å². The highest BCUT2D eigenvalue weighted by Crippen LogP contribution is 2.43. The maximum Gasteiger partial charge on any atom is 0.121 e. The molecule has 28 heavy (non-hydrogen) atoms. The van der Waals surface area contributed by atoms with Crippen molar-refractivity contribution in [1.29, 1.82) is 0 Å². The van der Waals surface area contributed by atoms with Crippen LogP contribution in [0.1, 0.15) is 88.3 Å². The van der Waals surface area contributed by atoms with E-state index in [0.29, 0.717) is 17.4 Å². The van der Waals surface area contributed by atoms with Crippen molar-refractivity contribution in [2.75, 3.05) is 0 Å². The highest BCUT2D eigenvalue weighted by molar-refractivity contribution is 5.53. The quantitative estimate of drug-likeness (QED) is 0.533. The van der Waals surface area contributed by atoms with E-state index >= 15 is 0 Å². The summed E-state index contributed by atoms with van der Waals surface area (Å²) in [6, 6.07) is 8.78. The lowest BCUT2D eigenvalue weighted by molar-refractivity contribution is 0.421.